The van der Waals surface area contributed by atoms with Crippen LogP contribution < -0.4 is 11.1 Å². The van der Waals surface area contributed by atoms with Gasteiger partial charge in [0.25, 0.3) is 0 Å². The SMILES string of the molecule is CCCCCCCCCCCCN(C(=O)CCCCCCCCCCC)[C@]1(N)O[C@H](CO)[C@H](O)[C@H](O)[C@H]1C(=O)CNC(=O)CCC(=O)O. The summed E-state index contributed by atoms with van der Waals surface area (Å²) in [7, 11) is 0. The average Bonchev–Trinajstić information content (AvgIpc) is 3.06. The Hall–Kier alpha value is -2.12. The first-order chi connectivity index (χ1) is 23.0. The van der Waals surface area contributed by atoms with Crippen LogP contribution in [0.4, 0.5) is 0 Å². The lowest BCUT2D eigenvalue weighted by atomic mass is 9.82. The number of nitrogens with zero attached hydrogens (tertiary/aromatic N) is 1. The number of carboxylic acids is 1. The Kier molecular flexibility index (Phi) is 23.6. The number of aliphatic carboxylic acids is 1. The number of rotatable bonds is 29. The Bertz CT molecular complexity index is 921. The van der Waals surface area contributed by atoms with Crippen molar-refractivity contribution in [3.05, 3.63) is 0 Å². The summed E-state index contributed by atoms with van der Waals surface area (Å²) in [4.78, 5) is 51.7. The van der Waals surface area contributed by atoms with E-state index in [2.05, 4.69) is 19.2 Å². The molecule has 0 unspecified atom stereocenters. The number of nitrogens with one attached hydrogen (secondary N) is 1. The zero-order valence-corrected chi connectivity index (χ0v) is 29.8. The quantitative estimate of drug-likeness (QED) is 0.0480. The summed E-state index contributed by atoms with van der Waals surface area (Å²) in [5.41, 5.74) is 6.79. The highest BCUT2D eigenvalue weighted by molar-refractivity contribution is 5.90. The summed E-state index contributed by atoms with van der Waals surface area (Å²) in [6, 6.07) is 0. The number of hydrogen-bond donors (Lipinski definition) is 6. The Labute approximate surface area is 288 Å². The molecule has 0 aromatic rings. The molecule has 1 aliphatic heterocycles. The number of hydrogen-bond acceptors (Lipinski definition) is 9. The standard InChI is InChI=1S/C36H67N3O9/c1-3-5-7-9-11-13-15-17-19-21-25-39(31(43)22-20-18-16-14-12-10-8-6-4-2)36(37)33(35(47)34(46)29(27-40)48-36)28(41)26-38-30(42)23-24-32(44)45/h29,33-35,40,46-47H,3-27,37H2,1-2H3,(H,38,42)(H,44,45)/t29-,33-,34+,35-,36+/m1/s1. The van der Waals surface area contributed by atoms with Crippen molar-refractivity contribution in [3.8, 4) is 0 Å². The molecule has 1 aliphatic rings. The van der Waals surface area contributed by atoms with Crippen molar-refractivity contribution < 1.29 is 44.3 Å². The zero-order chi connectivity index (χ0) is 35.8. The molecule has 0 saturated carbocycles. The van der Waals surface area contributed by atoms with Gasteiger partial charge < -0.3 is 35.4 Å². The molecule has 1 heterocycles. The number of aliphatic hydroxyl groups excluding tert-OH is 3. The van der Waals surface area contributed by atoms with E-state index in [0.717, 1.165) is 51.4 Å². The van der Waals surface area contributed by atoms with Crippen LogP contribution in [0.2, 0.25) is 0 Å². The van der Waals surface area contributed by atoms with E-state index in [1.54, 1.807) is 0 Å². The molecule has 0 spiro atoms. The number of aliphatic hydroxyl groups is 3. The van der Waals surface area contributed by atoms with Gasteiger partial charge in [-0.15, -0.1) is 0 Å². The summed E-state index contributed by atoms with van der Waals surface area (Å²) in [5, 5.41) is 43.0. The van der Waals surface area contributed by atoms with E-state index in [1.165, 1.54) is 62.7 Å². The van der Waals surface area contributed by atoms with Crippen LogP contribution in [0, 0.1) is 5.92 Å². The highest BCUT2D eigenvalue weighted by atomic mass is 16.6. The molecule has 12 heteroatoms. The van der Waals surface area contributed by atoms with Crippen LogP contribution in [0.5, 0.6) is 0 Å². The second-order valence-corrected chi connectivity index (χ2v) is 13.5. The lowest BCUT2D eigenvalue weighted by molar-refractivity contribution is -0.291. The number of ketones is 1. The maximum atomic E-state index is 13.8. The minimum atomic E-state index is -2.19. The monoisotopic (exact) mass is 685 g/mol. The van der Waals surface area contributed by atoms with Gasteiger partial charge in [0.1, 0.15) is 18.1 Å². The predicted molar refractivity (Wildman–Crippen MR) is 185 cm³/mol. The number of nitrogens with two attached hydrogens (primary N) is 1. The minimum Gasteiger partial charge on any atom is -0.481 e. The van der Waals surface area contributed by atoms with Gasteiger partial charge in [0.05, 0.1) is 25.7 Å². The lowest BCUT2D eigenvalue weighted by Gasteiger charge is -2.52. The van der Waals surface area contributed by atoms with Crippen molar-refractivity contribution in [1.82, 2.24) is 10.2 Å². The van der Waals surface area contributed by atoms with Crippen molar-refractivity contribution in [3.63, 3.8) is 0 Å². The van der Waals surface area contributed by atoms with Crippen molar-refractivity contribution >= 4 is 23.6 Å². The molecule has 5 atom stereocenters. The Balaban J connectivity index is 3.02. The summed E-state index contributed by atoms with van der Waals surface area (Å²) in [6.45, 7) is 3.22. The Morgan fingerprint density at radius 3 is 1.67 bits per heavy atom. The van der Waals surface area contributed by atoms with Crippen LogP contribution in [-0.4, -0.2) is 92.8 Å². The van der Waals surface area contributed by atoms with E-state index >= 15 is 0 Å². The van der Waals surface area contributed by atoms with Crippen molar-refractivity contribution in [2.24, 2.45) is 11.7 Å². The van der Waals surface area contributed by atoms with E-state index in [1.807, 2.05) is 0 Å². The smallest absolute Gasteiger partial charge is 0.303 e. The first-order valence-electron chi connectivity index (χ1n) is 18.8. The van der Waals surface area contributed by atoms with Crippen molar-refractivity contribution in [2.45, 2.75) is 179 Å². The Morgan fingerprint density at radius 2 is 1.19 bits per heavy atom. The van der Waals surface area contributed by atoms with Gasteiger partial charge in [-0.3, -0.25) is 24.9 Å². The summed E-state index contributed by atoms with van der Waals surface area (Å²) < 4.78 is 5.95. The molecule has 280 valence electrons. The fraction of sp³-hybridized carbons (Fsp3) is 0.889. The maximum Gasteiger partial charge on any atom is 0.303 e. The number of unbranched alkanes of at least 4 members (excludes halogenated alkanes) is 17. The maximum absolute atomic E-state index is 13.8. The van der Waals surface area contributed by atoms with E-state index < -0.39 is 67.3 Å². The summed E-state index contributed by atoms with van der Waals surface area (Å²) >= 11 is 0. The molecular weight excluding hydrogens is 618 g/mol. The van der Waals surface area contributed by atoms with Crippen LogP contribution in [0.25, 0.3) is 0 Å². The third kappa shape index (κ3) is 16.5. The fourth-order valence-corrected chi connectivity index (χ4v) is 6.42. The first-order valence-corrected chi connectivity index (χ1v) is 18.8. The molecule has 0 aromatic carbocycles. The average molecular weight is 686 g/mol. The van der Waals surface area contributed by atoms with Crippen LogP contribution in [0.1, 0.15) is 155 Å². The summed E-state index contributed by atoms with van der Waals surface area (Å²) in [6.07, 6.45) is 14.9. The van der Waals surface area contributed by atoms with Crippen LogP contribution >= 0.6 is 0 Å². The van der Waals surface area contributed by atoms with Gasteiger partial charge in [-0.05, 0) is 12.8 Å². The number of amides is 2. The number of Topliss-reactive ketones (excluding diaryl/α,β-unsaturated/α-hetero) is 1. The van der Waals surface area contributed by atoms with Crippen molar-refractivity contribution in [1.29, 1.82) is 0 Å². The normalized spacial score (nSPS) is 22.4. The van der Waals surface area contributed by atoms with Crippen LogP contribution in [0.15, 0.2) is 0 Å². The summed E-state index contributed by atoms with van der Waals surface area (Å²) in [5.74, 6) is -6.81. The molecule has 0 aromatic heterocycles. The van der Waals surface area contributed by atoms with Crippen LogP contribution in [0.3, 0.4) is 0 Å². The number of carbonyl (C=O) groups excluding carboxylic acids is 3. The molecular formula is C36H67N3O9. The molecule has 48 heavy (non-hydrogen) atoms. The fourth-order valence-electron chi connectivity index (χ4n) is 6.42. The zero-order valence-electron chi connectivity index (χ0n) is 29.8. The third-order valence-electron chi connectivity index (χ3n) is 9.36. The Morgan fingerprint density at radius 1 is 0.708 bits per heavy atom. The number of ether oxygens (including phenoxy) is 1. The second kappa shape index (κ2) is 25.8. The van der Waals surface area contributed by atoms with Crippen LogP contribution in [-0.2, 0) is 23.9 Å². The third-order valence-corrected chi connectivity index (χ3v) is 9.36. The lowest BCUT2D eigenvalue weighted by Crippen LogP contribution is -2.75. The molecule has 0 radical (unpaired) electrons. The van der Waals surface area contributed by atoms with Gasteiger partial charge in [0.15, 0.2) is 5.78 Å². The highest BCUT2D eigenvalue weighted by Crippen LogP contribution is 2.36. The minimum absolute atomic E-state index is 0.152. The topological polar surface area (TPSA) is 200 Å². The predicted octanol–water partition coefficient (Wildman–Crippen LogP) is 4.55. The second-order valence-electron chi connectivity index (χ2n) is 13.5. The van der Waals surface area contributed by atoms with Gasteiger partial charge in [-0.25, -0.2) is 0 Å². The van der Waals surface area contributed by atoms with E-state index in [-0.39, 0.29) is 25.3 Å². The van der Waals surface area contributed by atoms with Gasteiger partial charge in [0.2, 0.25) is 17.7 Å². The van der Waals surface area contributed by atoms with E-state index in [9.17, 15) is 34.5 Å². The first kappa shape index (κ1) is 43.9. The van der Waals surface area contributed by atoms with E-state index in [0.29, 0.717) is 12.8 Å². The van der Waals surface area contributed by atoms with E-state index in [4.69, 9.17) is 15.6 Å². The highest BCUT2D eigenvalue weighted by Gasteiger charge is 2.58. The molecule has 1 fully saturated rings. The van der Waals surface area contributed by atoms with Gasteiger partial charge >= 0.3 is 5.97 Å². The largest absolute Gasteiger partial charge is 0.481 e. The molecule has 2 amide bonds. The molecule has 1 rings (SSSR count). The van der Waals surface area contributed by atoms with Gasteiger partial charge in [0, 0.05) is 19.4 Å². The number of carboxylic acid groups (broad SMARTS) is 1. The van der Waals surface area contributed by atoms with Crippen molar-refractivity contribution in [2.75, 3.05) is 19.7 Å². The molecule has 0 aliphatic carbocycles. The molecule has 12 nitrogen and oxygen atoms in total. The van der Waals surface area contributed by atoms with Gasteiger partial charge in [-0.1, -0.05) is 123 Å². The molecule has 0 bridgehead atoms. The molecule has 1 saturated heterocycles. The molecule has 7 N–H and O–H groups in total. The van der Waals surface area contributed by atoms with Gasteiger partial charge in [-0.2, -0.15) is 0 Å². The number of carbonyl (C=O) groups is 4.